The Balaban J connectivity index is 2.09. The van der Waals surface area contributed by atoms with Gasteiger partial charge in [0.1, 0.15) is 5.75 Å². The summed E-state index contributed by atoms with van der Waals surface area (Å²) in [5.74, 6) is 0.759. The standard InChI is InChI=1S/C15H11NO2S/c1-18-13-6-8-14(9-7-13)19-15(17)12-4-2-11(10-16)3-5-12/h2-9H,1H3. The number of benzene rings is 2. The fourth-order valence-corrected chi connectivity index (χ4v) is 2.23. The molecule has 0 aromatic heterocycles. The van der Waals surface area contributed by atoms with Gasteiger partial charge in [-0.2, -0.15) is 5.26 Å². The smallest absolute Gasteiger partial charge is 0.224 e. The molecule has 0 unspecified atom stereocenters. The van der Waals surface area contributed by atoms with E-state index >= 15 is 0 Å². The predicted octanol–water partition coefficient (Wildman–Crippen LogP) is 3.50. The summed E-state index contributed by atoms with van der Waals surface area (Å²) < 4.78 is 5.06. The number of nitriles is 1. The van der Waals surface area contributed by atoms with E-state index in [4.69, 9.17) is 10.00 Å². The predicted molar refractivity (Wildman–Crippen MR) is 74.3 cm³/mol. The largest absolute Gasteiger partial charge is 0.497 e. The average molecular weight is 269 g/mol. The highest BCUT2D eigenvalue weighted by atomic mass is 32.2. The first-order valence-electron chi connectivity index (χ1n) is 5.59. The van der Waals surface area contributed by atoms with E-state index in [1.54, 1.807) is 31.4 Å². The van der Waals surface area contributed by atoms with Gasteiger partial charge in [0.25, 0.3) is 0 Å². The lowest BCUT2D eigenvalue weighted by molar-refractivity contribution is 0.108. The zero-order valence-corrected chi connectivity index (χ0v) is 11.1. The van der Waals surface area contributed by atoms with Crippen LogP contribution >= 0.6 is 11.8 Å². The van der Waals surface area contributed by atoms with Crippen LogP contribution in [0.15, 0.2) is 53.4 Å². The number of hydrogen-bond acceptors (Lipinski definition) is 4. The van der Waals surface area contributed by atoms with E-state index in [0.29, 0.717) is 11.1 Å². The minimum atomic E-state index is -0.0466. The Morgan fingerprint density at radius 3 is 2.26 bits per heavy atom. The molecular formula is C15H11NO2S. The molecule has 0 saturated heterocycles. The summed E-state index contributed by atoms with van der Waals surface area (Å²) in [5, 5.41) is 8.65. The number of thioether (sulfide) groups is 1. The third-order valence-corrected chi connectivity index (χ3v) is 3.45. The molecule has 0 spiro atoms. The van der Waals surface area contributed by atoms with E-state index in [2.05, 4.69) is 0 Å². The molecule has 94 valence electrons. The van der Waals surface area contributed by atoms with Gasteiger partial charge in [0.2, 0.25) is 5.12 Å². The van der Waals surface area contributed by atoms with E-state index in [0.717, 1.165) is 22.4 Å². The Bertz CT molecular complexity index is 612. The Morgan fingerprint density at radius 1 is 1.11 bits per heavy atom. The van der Waals surface area contributed by atoms with Crippen LogP contribution in [0.2, 0.25) is 0 Å². The van der Waals surface area contributed by atoms with Crippen molar-refractivity contribution in [2.24, 2.45) is 0 Å². The molecule has 0 aliphatic rings. The van der Waals surface area contributed by atoms with Crippen molar-refractivity contribution in [3.05, 3.63) is 59.7 Å². The molecule has 0 saturated carbocycles. The van der Waals surface area contributed by atoms with Gasteiger partial charge in [-0.05, 0) is 60.3 Å². The second-order valence-corrected chi connectivity index (χ2v) is 4.80. The monoisotopic (exact) mass is 269 g/mol. The molecule has 0 atom stereocenters. The van der Waals surface area contributed by atoms with Crippen LogP contribution in [-0.2, 0) is 0 Å². The summed E-state index contributed by atoms with van der Waals surface area (Å²) in [6.45, 7) is 0. The number of hydrogen-bond donors (Lipinski definition) is 0. The summed E-state index contributed by atoms with van der Waals surface area (Å²) in [5.41, 5.74) is 1.13. The molecule has 2 aromatic rings. The summed E-state index contributed by atoms with van der Waals surface area (Å²) in [7, 11) is 1.60. The molecule has 19 heavy (non-hydrogen) atoms. The summed E-state index contributed by atoms with van der Waals surface area (Å²) in [6.07, 6.45) is 0. The Hall–Kier alpha value is -2.25. The van der Waals surface area contributed by atoms with Crippen LogP contribution in [0.1, 0.15) is 15.9 Å². The van der Waals surface area contributed by atoms with E-state index < -0.39 is 0 Å². The van der Waals surface area contributed by atoms with Gasteiger partial charge < -0.3 is 4.74 Å². The number of rotatable bonds is 3. The van der Waals surface area contributed by atoms with E-state index in [-0.39, 0.29) is 5.12 Å². The molecule has 2 aromatic carbocycles. The first kappa shape index (κ1) is 13.2. The molecule has 3 nitrogen and oxygen atoms in total. The van der Waals surface area contributed by atoms with Gasteiger partial charge in [-0.15, -0.1) is 0 Å². The number of methoxy groups -OCH3 is 1. The molecule has 0 N–H and O–H groups in total. The van der Waals surface area contributed by atoms with Gasteiger partial charge >= 0.3 is 0 Å². The number of carbonyl (C=O) groups excluding carboxylic acids is 1. The topological polar surface area (TPSA) is 50.1 Å². The Kier molecular flexibility index (Phi) is 4.22. The van der Waals surface area contributed by atoms with Crippen molar-refractivity contribution < 1.29 is 9.53 Å². The van der Waals surface area contributed by atoms with Crippen molar-refractivity contribution in [2.45, 2.75) is 4.90 Å². The zero-order chi connectivity index (χ0) is 13.7. The second-order valence-electron chi connectivity index (χ2n) is 3.75. The minimum absolute atomic E-state index is 0.0466. The van der Waals surface area contributed by atoms with Gasteiger partial charge in [0.15, 0.2) is 0 Å². The van der Waals surface area contributed by atoms with Gasteiger partial charge in [-0.3, -0.25) is 4.79 Å². The van der Waals surface area contributed by atoms with Crippen molar-refractivity contribution in [1.29, 1.82) is 5.26 Å². The van der Waals surface area contributed by atoms with Gasteiger partial charge in [0.05, 0.1) is 18.7 Å². The third kappa shape index (κ3) is 3.36. The van der Waals surface area contributed by atoms with Crippen LogP contribution in [-0.4, -0.2) is 12.2 Å². The number of carbonyl (C=O) groups is 1. The van der Waals surface area contributed by atoms with Crippen LogP contribution in [0.5, 0.6) is 5.75 Å². The van der Waals surface area contributed by atoms with Crippen molar-refractivity contribution >= 4 is 16.9 Å². The molecule has 0 aliphatic carbocycles. The molecule has 0 bridgehead atoms. The fourth-order valence-electron chi connectivity index (χ4n) is 1.49. The molecule has 2 rings (SSSR count). The van der Waals surface area contributed by atoms with Crippen LogP contribution in [0.4, 0.5) is 0 Å². The second kappa shape index (κ2) is 6.07. The minimum Gasteiger partial charge on any atom is -0.497 e. The SMILES string of the molecule is COc1ccc(SC(=O)c2ccc(C#N)cc2)cc1. The zero-order valence-electron chi connectivity index (χ0n) is 10.3. The van der Waals surface area contributed by atoms with Gasteiger partial charge in [-0.1, -0.05) is 0 Å². The Labute approximate surface area is 115 Å². The Morgan fingerprint density at radius 2 is 1.74 bits per heavy atom. The first-order valence-corrected chi connectivity index (χ1v) is 6.41. The molecule has 4 heteroatoms. The van der Waals surface area contributed by atoms with Crippen molar-refractivity contribution in [3.63, 3.8) is 0 Å². The highest BCUT2D eigenvalue weighted by molar-refractivity contribution is 8.14. The van der Waals surface area contributed by atoms with E-state index in [1.807, 2.05) is 30.3 Å². The third-order valence-electron chi connectivity index (χ3n) is 2.52. The molecule has 0 aliphatic heterocycles. The average Bonchev–Trinajstić information content (AvgIpc) is 2.48. The van der Waals surface area contributed by atoms with Crippen LogP contribution < -0.4 is 4.74 Å². The quantitative estimate of drug-likeness (QED) is 0.800. The lowest BCUT2D eigenvalue weighted by Gasteiger charge is -2.03. The number of nitrogens with zero attached hydrogens (tertiary/aromatic N) is 1. The lowest BCUT2D eigenvalue weighted by atomic mass is 10.2. The maximum atomic E-state index is 12.0. The highest BCUT2D eigenvalue weighted by Gasteiger charge is 2.08. The fraction of sp³-hybridized carbons (Fsp3) is 0.0667. The molecular weight excluding hydrogens is 258 g/mol. The summed E-state index contributed by atoms with van der Waals surface area (Å²) in [4.78, 5) is 12.9. The maximum Gasteiger partial charge on any atom is 0.224 e. The molecule has 0 heterocycles. The van der Waals surface area contributed by atoms with Crippen molar-refractivity contribution in [2.75, 3.05) is 7.11 Å². The molecule has 0 fully saturated rings. The summed E-state index contributed by atoms with van der Waals surface area (Å²) in [6, 6.07) is 15.9. The van der Waals surface area contributed by atoms with Crippen molar-refractivity contribution in [3.8, 4) is 11.8 Å². The van der Waals surface area contributed by atoms with Crippen LogP contribution in [0.3, 0.4) is 0 Å². The van der Waals surface area contributed by atoms with Crippen LogP contribution in [0.25, 0.3) is 0 Å². The van der Waals surface area contributed by atoms with Gasteiger partial charge in [-0.25, -0.2) is 0 Å². The normalized spacial score (nSPS) is 9.68. The lowest BCUT2D eigenvalue weighted by Crippen LogP contribution is -1.93. The van der Waals surface area contributed by atoms with Gasteiger partial charge in [0, 0.05) is 10.5 Å². The number of ether oxygens (including phenoxy) is 1. The maximum absolute atomic E-state index is 12.0. The van der Waals surface area contributed by atoms with Crippen LogP contribution in [0, 0.1) is 11.3 Å². The van der Waals surface area contributed by atoms with E-state index in [9.17, 15) is 4.79 Å². The molecule has 0 radical (unpaired) electrons. The highest BCUT2D eigenvalue weighted by Crippen LogP contribution is 2.25. The summed E-state index contributed by atoms with van der Waals surface area (Å²) >= 11 is 1.15. The molecule has 0 amide bonds. The van der Waals surface area contributed by atoms with Crippen molar-refractivity contribution in [1.82, 2.24) is 0 Å². The first-order chi connectivity index (χ1) is 9.22. The van der Waals surface area contributed by atoms with E-state index in [1.165, 1.54) is 0 Å².